The van der Waals surface area contributed by atoms with Gasteiger partial charge in [0.1, 0.15) is 0 Å². The van der Waals surface area contributed by atoms with Gasteiger partial charge in [-0.05, 0) is 0 Å². The summed E-state index contributed by atoms with van der Waals surface area (Å²) in [5, 5.41) is -0.0537. The number of aromatic nitrogens is 1. The molecular formula is C6H5Cl2NO3S. The lowest BCUT2D eigenvalue weighted by atomic mass is 10.5. The Morgan fingerprint density at radius 3 is 2.62 bits per heavy atom. The first-order chi connectivity index (χ1) is 5.95. The van der Waals surface area contributed by atoms with Crippen molar-refractivity contribution in [2.24, 2.45) is 0 Å². The fourth-order valence-corrected chi connectivity index (χ4v) is 1.79. The Kier molecular flexibility index (Phi) is 3.00. The van der Waals surface area contributed by atoms with Gasteiger partial charge in [0, 0.05) is 22.9 Å². The van der Waals surface area contributed by atoms with E-state index in [1.54, 1.807) is 0 Å². The minimum atomic E-state index is -3.88. The van der Waals surface area contributed by atoms with Crippen LogP contribution in [0.5, 0.6) is 5.75 Å². The van der Waals surface area contributed by atoms with E-state index in [-0.39, 0.29) is 15.8 Å². The third kappa shape index (κ3) is 2.46. The quantitative estimate of drug-likeness (QED) is 0.740. The predicted octanol–water partition coefficient (Wildman–Crippen LogP) is 1.67. The van der Waals surface area contributed by atoms with Crippen molar-refractivity contribution < 1.29 is 13.2 Å². The molecule has 0 aromatic carbocycles. The van der Waals surface area contributed by atoms with Crippen molar-refractivity contribution in [1.82, 2.24) is 4.98 Å². The number of rotatable bonds is 2. The largest absolute Gasteiger partial charge is 0.494 e. The van der Waals surface area contributed by atoms with Crippen molar-refractivity contribution in [1.29, 1.82) is 0 Å². The summed E-state index contributed by atoms with van der Waals surface area (Å²) in [5.74, 6) is 0.0301. The molecule has 4 nitrogen and oxygen atoms in total. The van der Waals surface area contributed by atoms with E-state index in [1.807, 2.05) is 0 Å². The van der Waals surface area contributed by atoms with E-state index in [2.05, 4.69) is 4.98 Å². The number of pyridine rings is 1. The summed E-state index contributed by atoms with van der Waals surface area (Å²) in [4.78, 5) is 3.54. The van der Waals surface area contributed by atoms with Crippen LogP contribution in [-0.4, -0.2) is 20.5 Å². The SMILES string of the molecule is COc1cc(Cl)cnc1S(=O)(=O)Cl. The van der Waals surface area contributed by atoms with Crippen molar-refractivity contribution in [3.63, 3.8) is 0 Å². The molecule has 1 aromatic rings. The first kappa shape index (κ1) is 10.6. The van der Waals surface area contributed by atoms with Gasteiger partial charge in [0.2, 0.25) is 5.03 Å². The molecule has 1 rings (SSSR count). The second-order valence-corrected chi connectivity index (χ2v) is 5.02. The van der Waals surface area contributed by atoms with Gasteiger partial charge in [0.25, 0.3) is 9.05 Å². The highest BCUT2D eigenvalue weighted by Gasteiger charge is 2.18. The first-order valence-electron chi connectivity index (χ1n) is 3.09. The zero-order chi connectivity index (χ0) is 10.1. The van der Waals surface area contributed by atoms with Crippen molar-refractivity contribution >= 4 is 31.3 Å². The Balaban J connectivity index is 3.39. The van der Waals surface area contributed by atoms with Crippen molar-refractivity contribution in [2.75, 3.05) is 7.11 Å². The summed E-state index contributed by atoms with van der Waals surface area (Å²) in [5.41, 5.74) is 0. The number of halogens is 2. The molecule has 0 radical (unpaired) electrons. The van der Waals surface area contributed by atoms with Crippen molar-refractivity contribution in [3.8, 4) is 5.75 Å². The van der Waals surface area contributed by atoms with Gasteiger partial charge in [0.05, 0.1) is 12.1 Å². The summed E-state index contributed by atoms with van der Waals surface area (Å²) in [6.45, 7) is 0. The molecule has 0 atom stereocenters. The first-order valence-corrected chi connectivity index (χ1v) is 5.78. The molecule has 1 heterocycles. The molecule has 0 saturated heterocycles. The molecule has 0 aliphatic rings. The summed E-state index contributed by atoms with van der Waals surface area (Å²) >= 11 is 5.57. The van der Waals surface area contributed by atoms with Gasteiger partial charge in [-0.2, -0.15) is 0 Å². The van der Waals surface area contributed by atoms with Gasteiger partial charge in [-0.25, -0.2) is 13.4 Å². The van der Waals surface area contributed by atoms with Gasteiger partial charge in [-0.1, -0.05) is 11.6 Å². The van der Waals surface area contributed by atoms with E-state index < -0.39 is 9.05 Å². The average molecular weight is 242 g/mol. The molecule has 1 aromatic heterocycles. The lowest BCUT2D eigenvalue weighted by Crippen LogP contribution is -1.99. The highest BCUT2D eigenvalue weighted by molar-refractivity contribution is 8.13. The number of methoxy groups -OCH3 is 1. The maximum absolute atomic E-state index is 10.9. The molecule has 7 heteroatoms. The van der Waals surface area contributed by atoms with Crippen LogP contribution in [0.25, 0.3) is 0 Å². The predicted molar refractivity (Wildman–Crippen MR) is 48.8 cm³/mol. The van der Waals surface area contributed by atoms with E-state index >= 15 is 0 Å². The molecule has 0 spiro atoms. The van der Waals surface area contributed by atoms with Gasteiger partial charge >= 0.3 is 0 Å². The lowest BCUT2D eigenvalue weighted by Gasteiger charge is -2.03. The van der Waals surface area contributed by atoms with E-state index in [1.165, 1.54) is 19.4 Å². The molecule has 0 aliphatic carbocycles. The van der Waals surface area contributed by atoms with Crippen LogP contribution in [0.3, 0.4) is 0 Å². The van der Waals surface area contributed by atoms with Crippen LogP contribution in [0.15, 0.2) is 17.3 Å². The van der Waals surface area contributed by atoms with Gasteiger partial charge in [0.15, 0.2) is 5.75 Å². The van der Waals surface area contributed by atoms with Crippen LogP contribution in [0.2, 0.25) is 5.02 Å². The summed E-state index contributed by atoms with van der Waals surface area (Å²) in [7, 11) is 2.50. The Morgan fingerprint density at radius 2 is 2.15 bits per heavy atom. The number of nitrogens with zero attached hydrogens (tertiary/aromatic N) is 1. The monoisotopic (exact) mass is 241 g/mol. The molecule has 0 aliphatic heterocycles. The average Bonchev–Trinajstić information content (AvgIpc) is 2.01. The molecule has 0 N–H and O–H groups in total. The highest BCUT2D eigenvalue weighted by atomic mass is 35.7. The third-order valence-electron chi connectivity index (χ3n) is 1.24. The Hall–Kier alpha value is -0.520. The molecule has 0 fully saturated rings. The fourth-order valence-electron chi connectivity index (χ4n) is 0.737. The zero-order valence-corrected chi connectivity index (χ0v) is 8.82. The molecule has 0 saturated carbocycles. The Labute approximate surface area is 84.9 Å². The number of hydrogen-bond acceptors (Lipinski definition) is 4. The van der Waals surface area contributed by atoms with Crippen LogP contribution in [0.4, 0.5) is 0 Å². The molecular weight excluding hydrogens is 237 g/mol. The van der Waals surface area contributed by atoms with E-state index in [0.717, 1.165) is 0 Å². The topological polar surface area (TPSA) is 56.3 Å². The lowest BCUT2D eigenvalue weighted by molar-refractivity contribution is 0.399. The van der Waals surface area contributed by atoms with E-state index in [9.17, 15) is 8.42 Å². The smallest absolute Gasteiger partial charge is 0.282 e. The molecule has 72 valence electrons. The second kappa shape index (κ2) is 3.69. The molecule has 0 amide bonds. The standard InChI is InChI=1S/C6H5Cl2NO3S/c1-12-5-2-4(7)3-9-6(5)13(8,10)11/h2-3H,1H3. The molecule has 13 heavy (non-hydrogen) atoms. The summed E-state index contributed by atoms with van der Waals surface area (Å²) < 4.78 is 26.5. The summed E-state index contributed by atoms with van der Waals surface area (Å²) in [6, 6.07) is 1.32. The molecule has 0 bridgehead atoms. The van der Waals surface area contributed by atoms with E-state index in [4.69, 9.17) is 27.0 Å². The van der Waals surface area contributed by atoms with Crippen LogP contribution >= 0.6 is 22.3 Å². The van der Waals surface area contributed by atoms with Crippen LogP contribution in [0, 0.1) is 0 Å². The Bertz CT molecular complexity index is 418. The minimum Gasteiger partial charge on any atom is -0.494 e. The maximum Gasteiger partial charge on any atom is 0.282 e. The van der Waals surface area contributed by atoms with Crippen molar-refractivity contribution in [2.45, 2.75) is 5.03 Å². The Morgan fingerprint density at radius 1 is 1.54 bits per heavy atom. The highest BCUT2D eigenvalue weighted by Crippen LogP contribution is 2.26. The van der Waals surface area contributed by atoms with Crippen molar-refractivity contribution in [3.05, 3.63) is 17.3 Å². The molecule has 0 unspecified atom stereocenters. The van der Waals surface area contributed by atoms with Crippen LogP contribution in [0.1, 0.15) is 0 Å². The van der Waals surface area contributed by atoms with E-state index in [0.29, 0.717) is 0 Å². The minimum absolute atomic E-state index is 0.0301. The fraction of sp³-hybridized carbons (Fsp3) is 0.167. The number of ether oxygens (including phenoxy) is 1. The van der Waals surface area contributed by atoms with Gasteiger partial charge in [-0.15, -0.1) is 0 Å². The van der Waals surface area contributed by atoms with Crippen LogP contribution in [-0.2, 0) is 9.05 Å². The zero-order valence-electron chi connectivity index (χ0n) is 6.49. The normalized spacial score (nSPS) is 11.3. The second-order valence-electron chi connectivity index (χ2n) is 2.10. The number of hydrogen-bond donors (Lipinski definition) is 0. The van der Waals surface area contributed by atoms with Gasteiger partial charge < -0.3 is 4.74 Å². The summed E-state index contributed by atoms with van der Waals surface area (Å²) in [6.07, 6.45) is 1.18. The van der Waals surface area contributed by atoms with Crippen LogP contribution < -0.4 is 4.74 Å². The van der Waals surface area contributed by atoms with Gasteiger partial charge in [-0.3, -0.25) is 0 Å². The maximum atomic E-state index is 10.9. The third-order valence-corrected chi connectivity index (χ3v) is 2.65.